The first kappa shape index (κ1) is 23.0. The van der Waals surface area contributed by atoms with Gasteiger partial charge < -0.3 is 15.0 Å². The molecule has 0 aromatic heterocycles. The molecule has 0 atom stereocenters. The third-order valence-corrected chi connectivity index (χ3v) is 8.14. The van der Waals surface area contributed by atoms with Crippen LogP contribution in [0.4, 0.5) is 5.69 Å². The summed E-state index contributed by atoms with van der Waals surface area (Å²) in [5.41, 5.74) is 1.22. The first-order chi connectivity index (χ1) is 14.5. The minimum Gasteiger partial charge on any atom is -0.378 e. The number of sulfonamides is 1. The molecule has 1 saturated heterocycles. The fourth-order valence-corrected chi connectivity index (χ4v) is 5.82. The number of carbonyl (C=O) groups is 1. The summed E-state index contributed by atoms with van der Waals surface area (Å²) in [6.07, 6.45) is 6.63. The lowest BCUT2D eigenvalue weighted by atomic mass is 10.1. The predicted octanol–water partition coefficient (Wildman–Crippen LogP) is 3.01. The van der Waals surface area contributed by atoms with Crippen LogP contribution in [0.25, 0.3) is 0 Å². The second-order valence-corrected chi connectivity index (χ2v) is 9.97. The molecular weight excluding hydrogens is 402 g/mol. The van der Waals surface area contributed by atoms with E-state index in [4.69, 9.17) is 4.74 Å². The van der Waals surface area contributed by atoms with Gasteiger partial charge in [0.25, 0.3) is 5.91 Å². The number of rotatable bonds is 7. The summed E-state index contributed by atoms with van der Waals surface area (Å²) in [7, 11) is -3.63. The maximum atomic E-state index is 13.3. The van der Waals surface area contributed by atoms with E-state index in [1.807, 2.05) is 13.8 Å². The molecule has 0 spiro atoms. The van der Waals surface area contributed by atoms with Gasteiger partial charge in [0.05, 0.1) is 23.7 Å². The molecule has 1 aliphatic heterocycles. The molecule has 2 fully saturated rings. The number of hydrogen-bond donors (Lipinski definition) is 1. The highest BCUT2D eigenvalue weighted by Crippen LogP contribution is 2.27. The SMILES string of the molecule is CCN(CC)S(=O)(=O)c1ccc(N2CCOCC2)c(C(=O)NC2CCCCCC2)c1. The van der Waals surface area contributed by atoms with Crippen molar-refractivity contribution in [2.45, 2.75) is 63.3 Å². The molecule has 1 amide bonds. The van der Waals surface area contributed by atoms with Crippen LogP contribution >= 0.6 is 0 Å². The van der Waals surface area contributed by atoms with Gasteiger partial charge in [0, 0.05) is 37.9 Å². The molecule has 1 aromatic carbocycles. The monoisotopic (exact) mass is 437 g/mol. The van der Waals surface area contributed by atoms with Crippen LogP contribution in [0.5, 0.6) is 0 Å². The number of morpholine rings is 1. The standard InChI is InChI=1S/C22H35N3O4S/c1-3-25(4-2)30(27,28)19-11-12-21(24-13-15-29-16-14-24)20(17-19)22(26)23-18-9-7-5-6-8-10-18/h11-12,17-18H,3-10,13-16H2,1-2H3,(H,23,26). The molecule has 3 rings (SSSR count). The molecule has 8 heteroatoms. The number of nitrogens with zero attached hydrogens (tertiary/aromatic N) is 2. The van der Waals surface area contributed by atoms with E-state index in [0.717, 1.165) is 31.4 Å². The number of amides is 1. The molecule has 1 N–H and O–H groups in total. The summed E-state index contributed by atoms with van der Waals surface area (Å²) in [5, 5.41) is 3.19. The number of benzene rings is 1. The number of ether oxygens (including phenoxy) is 1. The summed E-state index contributed by atoms with van der Waals surface area (Å²) >= 11 is 0. The van der Waals surface area contributed by atoms with E-state index in [1.54, 1.807) is 18.2 Å². The van der Waals surface area contributed by atoms with E-state index < -0.39 is 10.0 Å². The Morgan fingerprint density at radius 3 is 2.33 bits per heavy atom. The highest BCUT2D eigenvalue weighted by molar-refractivity contribution is 7.89. The van der Waals surface area contributed by atoms with Gasteiger partial charge in [-0.25, -0.2) is 8.42 Å². The molecule has 30 heavy (non-hydrogen) atoms. The highest BCUT2D eigenvalue weighted by atomic mass is 32.2. The van der Waals surface area contributed by atoms with Crippen LogP contribution < -0.4 is 10.2 Å². The highest BCUT2D eigenvalue weighted by Gasteiger charge is 2.27. The second-order valence-electron chi connectivity index (χ2n) is 8.03. The van der Waals surface area contributed by atoms with Gasteiger partial charge in [-0.1, -0.05) is 39.5 Å². The Bertz CT molecular complexity index is 810. The minimum absolute atomic E-state index is 0.153. The van der Waals surface area contributed by atoms with Crippen molar-refractivity contribution in [3.63, 3.8) is 0 Å². The normalized spacial score (nSPS) is 19.0. The number of hydrogen-bond acceptors (Lipinski definition) is 5. The van der Waals surface area contributed by atoms with E-state index in [9.17, 15) is 13.2 Å². The van der Waals surface area contributed by atoms with Crippen molar-refractivity contribution in [2.24, 2.45) is 0 Å². The van der Waals surface area contributed by atoms with E-state index in [-0.39, 0.29) is 16.8 Å². The van der Waals surface area contributed by atoms with Crippen molar-refractivity contribution in [3.8, 4) is 0 Å². The second kappa shape index (κ2) is 10.6. The predicted molar refractivity (Wildman–Crippen MR) is 119 cm³/mol. The van der Waals surface area contributed by atoms with Crippen LogP contribution in [0.2, 0.25) is 0 Å². The zero-order valence-corrected chi connectivity index (χ0v) is 19.0. The third-order valence-electron chi connectivity index (χ3n) is 6.10. The summed E-state index contributed by atoms with van der Waals surface area (Å²) in [5.74, 6) is -0.181. The van der Waals surface area contributed by atoms with Crippen LogP contribution in [0.1, 0.15) is 62.7 Å². The van der Waals surface area contributed by atoms with Crippen molar-refractivity contribution in [1.82, 2.24) is 9.62 Å². The average molecular weight is 438 g/mol. The van der Waals surface area contributed by atoms with Crippen LogP contribution in [0.15, 0.2) is 23.1 Å². The number of nitrogens with one attached hydrogen (secondary N) is 1. The first-order valence-corrected chi connectivity index (χ1v) is 12.7. The summed E-state index contributed by atoms with van der Waals surface area (Å²) in [4.78, 5) is 15.6. The average Bonchev–Trinajstić information content (AvgIpc) is 3.03. The van der Waals surface area contributed by atoms with Gasteiger partial charge in [-0.2, -0.15) is 4.31 Å². The molecular formula is C22H35N3O4S. The van der Waals surface area contributed by atoms with Gasteiger partial charge in [-0.05, 0) is 31.0 Å². The molecule has 1 aliphatic carbocycles. The molecule has 7 nitrogen and oxygen atoms in total. The van der Waals surface area contributed by atoms with Gasteiger partial charge in [0.15, 0.2) is 0 Å². The Hall–Kier alpha value is -1.64. The Morgan fingerprint density at radius 1 is 1.10 bits per heavy atom. The van der Waals surface area contributed by atoms with Crippen molar-refractivity contribution < 1.29 is 17.9 Å². The minimum atomic E-state index is -3.63. The van der Waals surface area contributed by atoms with Crippen LogP contribution in [0.3, 0.4) is 0 Å². The van der Waals surface area contributed by atoms with Crippen LogP contribution in [-0.2, 0) is 14.8 Å². The molecule has 1 heterocycles. The van der Waals surface area contributed by atoms with Crippen molar-refractivity contribution >= 4 is 21.6 Å². The molecule has 0 radical (unpaired) electrons. The largest absolute Gasteiger partial charge is 0.378 e. The van der Waals surface area contributed by atoms with E-state index in [1.165, 1.54) is 17.1 Å². The van der Waals surface area contributed by atoms with Gasteiger partial charge in [-0.15, -0.1) is 0 Å². The molecule has 1 aromatic rings. The fourth-order valence-electron chi connectivity index (χ4n) is 4.34. The molecule has 168 valence electrons. The fraction of sp³-hybridized carbons (Fsp3) is 0.682. The summed E-state index contributed by atoms with van der Waals surface area (Å²) < 4.78 is 33.0. The zero-order chi connectivity index (χ0) is 21.6. The Morgan fingerprint density at radius 2 is 1.73 bits per heavy atom. The zero-order valence-electron chi connectivity index (χ0n) is 18.2. The number of anilines is 1. The van der Waals surface area contributed by atoms with Gasteiger partial charge >= 0.3 is 0 Å². The number of carbonyl (C=O) groups excluding carboxylic acids is 1. The first-order valence-electron chi connectivity index (χ1n) is 11.2. The quantitative estimate of drug-likeness (QED) is 0.664. The maximum absolute atomic E-state index is 13.3. The van der Waals surface area contributed by atoms with Crippen LogP contribution in [0, 0.1) is 0 Å². The molecule has 2 aliphatic rings. The molecule has 1 saturated carbocycles. The summed E-state index contributed by atoms with van der Waals surface area (Å²) in [6.45, 7) is 7.01. The van der Waals surface area contributed by atoms with Crippen molar-refractivity contribution in [1.29, 1.82) is 0 Å². The van der Waals surface area contributed by atoms with Crippen molar-refractivity contribution in [3.05, 3.63) is 23.8 Å². The summed E-state index contributed by atoms with van der Waals surface area (Å²) in [6, 6.07) is 5.12. The lowest BCUT2D eigenvalue weighted by molar-refractivity contribution is 0.0931. The topological polar surface area (TPSA) is 79.0 Å². The van der Waals surface area contributed by atoms with Gasteiger partial charge in [0.2, 0.25) is 10.0 Å². The van der Waals surface area contributed by atoms with Crippen LogP contribution in [-0.4, -0.2) is 64.1 Å². The Balaban J connectivity index is 1.94. The third kappa shape index (κ3) is 5.34. The lowest BCUT2D eigenvalue weighted by Gasteiger charge is -2.31. The van der Waals surface area contributed by atoms with Crippen molar-refractivity contribution in [2.75, 3.05) is 44.3 Å². The van der Waals surface area contributed by atoms with E-state index >= 15 is 0 Å². The molecule has 0 unspecified atom stereocenters. The van der Waals surface area contributed by atoms with Gasteiger partial charge in [0.1, 0.15) is 0 Å². The van der Waals surface area contributed by atoms with E-state index in [2.05, 4.69) is 10.2 Å². The Labute approximate surface area is 180 Å². The van der Waals surface area contributed by atoms with E-state index in [0.29, 0.717) is 45.0 Å². The maximum Gasteiger partial charge on any atom is 0.253 e. The smallest absolute Gasteiger partial charge is 0.253 e. The Kier molecular flexibility index (Phi) is 8.13. The lowest BCUT2D eigenvalue weighted by Crippen LogP contribution is -2.39. The van der Waals surface area contributed by atoms with Gasteiger partial charge in [-0.3, -0.25) is 4.79 Å². The molecule has 0 bridgehead atoms.